The van der Waals surface area contributed by atoms with E-state index in [0.717, 1.165) is 37.3 Å². The number of hydrogen-bond acceptors (Lipinski definition) is 3. The second-order valence-corrected chi connectivity index (χ2v) is 5.42. The Hall–Kier alpha value is -1.39. The summed E-state index contributed by atoms with van der Waals surface area (Å²) in [7, 11) is 0. The summed E-state index contributed by atoms with van der Waals surface area (Å²) in [5.41, 5.74) is 1.45. The number of carboxylic acid groups (broad SMARTS) is 1. The molecule has 0 saturated carbocycles. The summed E-state index contributed by atoms with van der Waals surface area (Å²) >= 11 is 0. The van der Waals surface area contributed by atoms with E-state index in [1.807, 2.05) is 38.1 Å². The molecule has 1 aliphatic heterocycles. The van der Waals surface area contributed by atoms with E-state index in [0.29, 0.717) is 6.42 Å². The van der Waals surface area contributed by atoms with Crippen LogP contribution in [0.1, 0.15) is 18.1 Å². The van der Waals surface area contributed by atoms with Crippen LogP contribution in [0.5, 0.6) is 0 Å². The molecule has 0 amide bonds. The molecule has 1 aliphatic rings. The molecule has 1 saturated heterocycles. The number of rotatable bonds is 4. The molecule has 4 heteroatoms. The number of hydrogen-bond donors (Lipinski definition) is 2. The van der Waals surface area contributed by atoms with Gasteiger partial charge in [0, 0.05) is 32.6 Å². The molecular weight excluding hydrogens is 240 g/mol. The minimum Gasteiger partial charge on any atom is -0.480 e. The van der Waals surface area contributed by atoms with Gasteiger partial charge in [-0.3, -0.25) is 9.69 Å². The summed E-state index contributed by atoms with van der Waals surface area (Å²) in [5.74, 6) is -0.738. The van der Waals surface area contributed by atoms with E-state index in [1.165, 1.54) is 0 Å². The van der Waals surface area contributed by atoms with E-state index in [4.69, 9.17) is 0 Å². The average molecular weight is 262 g/mol. The number of carboxylic acids is 1. The molecule has 2 rings (SSSR count). The van der Waals surface area contributed by atoms with Crippen molar-refractivity contribution < 1.29 is 9.90 Å². The Kier molecular flexibility index (Phi) is 4.22. The van der Waals surface area contributed by atoms with Gasteiger partial charge in [-0.25, -0.2) is 0 Å². The van der Waals surface area contributed by atoms with E-state index in [9.17, 15) is 9.90 Å². The van der Waals surface area contributed by atoms with E-state index in [1.54, 1.807) is 0 Å². The fourth-order valence-electron chi connectivity index (χ4n) is 2.66. The number of piperazine rings is 1. The molecule has 104 valence electrons. The Morgan fingerprint density at radius 3 is 2.58 bits per heavy atom. The molecule has 0 aliphatic carbocycles. The summed E-state index contributed by atoms with van der Waals surface area (Å²) in [6.07, 6.45) is 0.551. The zero-order valence-electron chi connectivity index (χ0n) is 11.6. The van der Waals surface area contributed by atoms with Crippen molar-refractivity contribution in [2.24, 2.45) is 0 Å². The van der Waals surface area contributed by atoms with Crippen molar-refractivity contribution in [3.63, 3.8) is 0 Å². The number of aryl methyl sites for hydroxylation is 1. The maximum Gasteiger partial charge on any atom is 0.324 e. The summed E-state index contributed by atoms with van der Waals surface area (Å²) in [6, 6.07) is 8.03. The molecule has 1 atom stereocenters. The highest BCUT2D eigenvalue weighted by molar-refractivity contribution is 5.79. The molecule has 2 N–H and O–H groups in total. The largest absolute Gasteiger partial charge is 0.480 e. The molecule has 0 spiro atoms. The van der Waals surface area contributed by atoms with Crippen LogP contribution in [0.25, 0.3) is 0 Å². The van der Waals surface area contributed by atoms with Gasteiger partial charge in [-0.05, 0) is 25.0 Å². The minimum atomic E-state index is -0.825. The molecule has 4 nitrogen and oxygen atoms in total. The molecule has 1 unspecified atom stereocenters. The second-order valence-electron chi connectivity index (χ2n) is 5.42. The third-order valence-corrected chi connectivity index (χ3v) is 4.07. The summed E-state index contributed by atoms with van der Waals surface area (Å²) < 4.78 is 0. The zero-order chi connectivity index (χ0) is 13.9. The first-order valence-electron chi connectivity index (χ1n) is 6.78. The van der Waals surface area contributed by atoms with Crippen LogP contribution in [0, 0.1) is 6.92 Å². The van der Waals surface area contributed by atoms with Gasteiger partial charge in [0.1, 0.15) is 5.54 Å². The van der Waals surface area contributed by atoms with Crippen molar-refractivity contribution in [1.82, 2.24) is 10.2 Å². The Bertz CT molecular complexity index is 455. The average Bonchev–Trinajstić information content (AvgIpc) is 2.42. The molecular formula is C15H22N2O2. The fraction of sp³-hybridized carbons (Fsp3) is 0.533. The number of nitrogens with one attached hydrogen (secondary N) is 1. The Balaban J connectivity index is 2.24. The number of carbonyl (C=O) groups is 1. The van der Waals surface area contributed by atoms with Crippen molar-refractivity contribution in [3.8, 4) is 0 Å². The lowest BCUT2D eigenvalue weighted by Crippen LogP contribution is -2.59. The highest BCUT2D eigenvalue weighted by Gasteiger charge is 2.40. The van der Waals surface area contributed by atoms with Crippen LogP contribution in [-0.2, 0) is 11.2 Å². The first-order valence-corrected chi connectivity index (χ1v) is 6.78. The smallest absolute Gasteiger partial charge is 0.324 e. The van der Waals surface area contributed by atoms with E-state index >= 15 is 0 Å². The molecule has 1 aromatic carbocycles. The Morgan fingerprint density at radius 2 is 2.00 bits per heavy atom. The standard InChI is InChI=1S/C15H22N2O2/c1-12-5-3-4-6-13(12)11-15(2,14(18)19)17-9-7-16-8-10-17/h3-6,16H,7-11H2,1-2H3,(H,18,19). The lowest BCUT2D eigenvalue weighted by atomic mass is 9.88. The maximum atomic E-state index is 11.8. The monoisotopic (exact) mass is 262 g/mol. The third kappa shape index (κ3) is 2.96. The predicted molar refractivity (Wildman–Crippen MR) is 75.4 cm³/mol. The van der Waals surface area contributed by atoms with Crippen molar-refractivity contribution >= 4 is 5.97 Å². The maximum absolute atomic E-state index is 11.8. The first kappa shape index (κ1) is 14.0. The van der Waals surface area contributed by atoms with Gasteiger partial charge in [0.05, 0.1) is 0 Å². The van der Waals surface area contributed by atoms with Gasteiger partial charge in [0.2, 0.25) is 0 Å². The molecule has 19 heavy (non-hydrogen) atoms. The highest BCUT2D eigenvalue weighted by atomic mass is 16.4. The van der Waals surface area contributed by atoms with Crippen LogP contribution >= 0.6 is 0 Å². The Morgan fingerprint density at radius 1 is 1.37 bits per heavy atom. The van der Waals surface area contributed by atoms with Gasteiger partial charge in [-0.2, -0.15) is 0 Å². The van der Waals surface area contributed by atoms with Gasteiger partial charge in [-0.15, -0.1) is 0 Å². The van der Waals surface area contributed by atoms with Crippen molar-refractivity contribution in [1.29, 1.82) is 0 Å². The van der Waals surface area contributed by atoms with E-state index < -0.39 is 11.5 Å². The van der Waals surface area contributed by atoms with Crippen LogP contribution in [0.2, 0.25) is 0 Å². The molecule has 0 radical (unpaired) electrons. The van der Waals surface area contributed by atoms with Gasteiger partial charge < -0.3 is 10.4 Å². The normalized spacial score (nSPS) is 19.9. The number of nitrogens with zero attached hydrogens (tertiary/aromatic N) is 1. The van der Waals surface area contributed by atoms with Gasteiger partial charge in [0.25, 0.3) is 0 Å². The topological polar surface area (TPSA) is 52.6 Å². The first-order chi connectivity index (χ1) is 9.04. The van der Waals surface area contributed by atoms with E-state index in [2.05, 4.69) is 10.2 Å². The summed E-state index contributed by atoms with van der Waals surface area (Å²) in [5, 5.41) is 12.9. The summed E-state index contributed by atoms with van der Waals surface area (Å²) in [4.78, 5) is 13.9. The van der Waals surface area contributed by atoms with E-state index in [-0.39, 0.29) is 0 Å². The van der Waals surface area contributed by atoms with Gasteiger partial charge in [-0.1, -0.05) is 24.3 Å². The minimum absolute atomic E-state index is 0.551. The summed E-state index contributed by atoms with van der Waals surface area (Å²) in [6.45, 7) is 7.17. The van der Waals surface area contributed by atoms with Gasteiger partial charge in [0.15, 0.2) is 0 Å². The lowest BCUT2D eigenvalue weighted by Gasteiger charge is -2.40. The van der Waals surface area contributed by atoms with Crippen molar-refractivity contribution in [2.75, 3.05) is 26.2 Å². The molecule has 0 aromatic heterocycles. The van der Waals surface area contributed by atoms with Crippen molar-refractivity contribution in [2.45, 2.75) is 25.8 Å². The van der Waals surface area contributed by atoms with Crippen LogP contribution in [0.15, 0.2) is 24.3 Å². The quantitative estimate of drug-likeness (QED) is 0.858. The molecule has 1 heterocycles. The molecule has 1 aromatic rings. The van der Waals surface area contributed by atoms with Crippen LogP contribution in [0.3, 0.4) is 0 Å². The fourth-order valence-corrected chi connectivity index (χ4v) is 2.66. The molecule has 0 bridgehead atoms. The lowest BCUT2D eigenvalue weighted by molar-refractivity contribution is -0.151. The number of aliphatic carboxylic acids is 1. The second kappa shape index (κ2) is 5.72. The SMILES string of the molecule is Cc1ccccc1CC(C)(C(=O)O)N1CCNCC1. The zero-order valence-corrected chi connectivity index (χ0v) is 11.6. The predicted octanol–water partition coefficient (Wildman–Crippen LogP) is 1.29. The van der Waals surface area contributed by atoms with Crippen LogP contribution < -0.4 is 5.32 Å². The van der Waals surface area contributed by atoms with Crippen molar-refractivity contribution in [3.05, 3.63) is 35.4 Å². The third-order valence-electron chi connectivity index (χ3n) is 4.07. The Labute approximate surface area is 114 Å². The van der Waals surface area contributed by atoms with Crippen LogP contribution in [0.4, 0.5) is 0 Å². The highest BCUT2D eigenvalue weighted by Crippen LogP contribution is 2.23. The van der Waals surface area contributed by atoms with Gasteiger partial charge >= 0.3 is 5.97 Å². The van der Waals surface area contributed by atoms with Crippen LogP contribution in [-0.4, -0.2) is 47.7 Å². The molecule has 1 fully saturated rings. The number of benzene rings is 1.